The van der Waals surface area contributed by atoms with E-state index in [0.29, 0.717) is 17.7 Å². The lowest BCUT2D eigenvalue weighted by Crippen LogP contribution is -2.30. The number of para-hydroxylation sites is 1. The van der Waals surface area contributed by atoms with Crippen molar-refractivity contribution in [2.45, 2.75) is 38.6 Å². The average molecular weight is 348 g/mol. The molecular formula is C18H22F2N4O. The molecule has 1 saturated carbocycles. The number of aliphatic hydroxyl groups excluding tert-OH is 1. The maximum Gasteiger partial charge on any atom is 0.225 e. The van der Waals surface area contributed by atoms with Gasteiger partial charge in [-0.05, 0) is 30.9 Å². The molecule has 1 atom stereocenters. The van der Waals surface area contributed by atoms with Gasteiger partial charge in [0.2, 0.25) is 5.95 Å². The summed E-state index contributed by atoms with van der Waals surface area (Å²) in [7, 11) is 0. The van der Waals surface area contributed by atoms with Crippen LogP contribution in [0, 0.1) is 17.6 Å². The molecule has 0 aliphatic heterocycles. The highest BCUT2D eigenvalue weighted by Crippen LogP contribution is 2.40. The van der Waals surface area contributed by atoms with E-state index in [4.69, 9.17) is 0 Å². The van der Waals surface area contributed by atoms with Crippen molar-refractivity contribution in [3.63, 3.8) is 0 Å². The summed E-state index contributed by atoms with van der Waals surface area (Å²) in [4.78, 5) is 8.80. The largest absolute Gasteiger partial charge is 0.394 e. The van der Waals surface area contributed by atoms with Crippen LogP contribution in [0.5, 0.6) is 0 Å². The van der Waals surface area contributed by atoms with Crippen LogP contribution in [0.2, 0.25) is 0 Å². The topological polar surface area (TPSA) is 70.1 Å². The Kier molecular flexibility index (Phi) is 5.13. The van der Waals surface area contributed by atoms with Crippen LogP contribution in [0.3, 0.4) is 0 Å². The third-order valence-electron chi connectivity index (χ3n) is 4.27. The Morgan fingerprint density at radius 1 is 1.20 bits per heavy atom. The lowest BCUT2D eigenvalue weighted by molar-refractivity contribution is 0.248. The Bertz CT molecular complexity index is 730. The second-order valence-corrected chi connectivity index (χ2v) is 6.68. The molecule has 1 aromatic carbocycles. The quantitative estimate of drug-likeness (QED) is 0.710. The van der Waals surface area contributed by atoms with Crippen LogP contribution in [0.4, 0.5) is 26.2 Å². The molecule has 0 spiro atoms. The smallest absolute Gasteiger partial charge is 0.225 e. The molecule has 0 saturated heterocycles. The van der Waals surface area contributed by atoms with Crippen LogP contribution in [0.1, 0.15) is 38.3 Å². The number of hydrogen-bond acceptors (Lipinski definition) is 5. The highest BCUT2D eigenvalue weighted by atomic mass is 19.1. The van der Waals surface area contributed by atoms with Gasteiger partial charge in [-0.3, -0.25) is 0 Å². The van der Waals surface area contributed by atoms with E-state index in [1.807, 2.05) is 13.8 Å². The molecule has 25 heavy (non-hydrogen) atoms. The van der Waals surface area contributed by atoms with Gasteiger partial charge in [-0.2, -0.15) is 4.98 Å². The van der Waals surface area contributed by atoms with Crippen molar-refractivity contribution in [1.82, 2.24) is 9.97 Å². The van der Waals surface area contributed by atoms with Crippen molar-refractivity contribution in [2.24, 2.45) is 5.92 Å². The third-order valence-corrected chi connectivity index (χ3v) is 4.27. The predicted molar refractivity (Wildman–Crippen MR) is 93.0 cm³/mol. The second kappa shape index (κ2) is 7.31. The Morgan fingerprint density at radius 3 is 2.44 bits per heavy atom. The minimum Gasteiger partial charge on any atom is -0.394 e. The van der Waals surface area contributed by atoms with Gasteiger partial charge in [0, 0.05) is 12.0 Å². The van der Waals surface area contributed by atoms with Gasteiger partial charge < -0.3 is 15.7 Å². The van der Waals surface area contributed by atoms with E-state index in [-0.39, 0.29) is 24.3 Å². The van der Waals surface area contributed by atoms with Crippen LogP contribution in [-0.2, 0) is 0 Å². The summed E-state index contributed by atoms with van der Waals surface area (Å²) in [6, 6.07) is 5.21. The van der Waals surface area contributed by atoms with E-state index in [9.17, 15) is 13.9 Å². The van der Waals surface area contributed by atoms with Gasteiger partial charge in [0.1, 0.15) is 23.1 Å². The molecule has 1 heterocycles. The normalized spacial score (nSPS) is 15.3. The molecule has 2 aromatic rings. The number of aromatic nitrogens is 2. The molecule has 0 amide bonds. The van der Waals surface area contributed by atoms with Gasteiger partial charge in [0.05, 0.1) is 18.3 Å². The Morgan fingerprint density at radius 2 is 1.88 bits per heavy atom. The number of benzene rings is 1. The molecular weight excluding hydrogens is 326 g/mol. The van der Waals surface area contributed by atoms with Crippen molar-refractivity contribution in [2.75, 3.05) is 17.2 Å². The van der Waals surface area contributed by atoms with Crippen molar-refractivity contribution in [1.29, 1.82) is 0 Å². The molecule has 0 unspecified atom stereocenters. The Labute approximate surface area is 145 Å². The lowest BCUT2D eigenvalue weighted by atomic mass is 10.1. The molecule has 7 heteroatoms. The molecule has 1 aromatic heterocycles. The number of nitrogens with zero attached hydrogens (tertiary/aromatic N) is 2. The second-order valence-electron chi connectivity index (χ2n) is 6.68. The SMILES string of the molecule is CC(C)[C@H](CO)Nc1nc(Nc2c(F)cccc2F)cc(C2CC2)n1. The molecule has 0 bridgehead atoms. The fourth-order valence-corrected chi connectivity index (χ4v) is 2.52. The van der Waals surface area contributed by atoms with Crippen LogP contribution in [-0.4, -0.2) is 27.7 Å². The van der Waals surface area contributed by atoms with Gasteiger partial charge in [-0.25, -0.2) is 13.8 Å². The molecule has 3 N–H and O–H groups in total. The number of aliphatic hydroxyl groups is 1. The van der Waals surface area contributed by atoms with Crippen molar-refractivity contribution in [3.8, 4) is 0 Å². The van der Waals surface area contributed by atoms with Crippen molar-refractivity contribution >= 4 is 17.5 Å². The maximum absolute atomic E-state index is 13.9. The van der Waals surface area contributed by atoms with Gasteiger partial charge in [-0.15, -0.1) is 0 Å². The monoisotopic (exact) mass is 348 g/mol. The predicted octanol–water partition coefficient (Wildman–Crippen LogP) is 3.80. The first kappa shape index (κ1) is 17.5. The summed E-state index contributed by atoms with van der Waals surface area (Å²) < 4.78 is 27.8. The van der Waals surface area contributed by atoms with Crippen LogP contribution in [0.25, 0.3) is 0 Å². The highest BCUT2D eigenvalue weighted by Gasteiger charge is 2.27. The number of hydrogen-bond donors (Lipinski definition) is 3. The number of rotatable bonds is 7. The van der Waals surface area contributed by atoms with Crippen LogP contribution < -0.4 is 10.6 Å². The zero-order valence-electron chi connectivity index (χ0n) is 14.3. The molecule has 3 rings (SSSR count). The molecule has 134 valence electrons. The van der Waals surface area contributed by atoms with Crippen LogP contribution >= 0.6 is 0 Å². The first-order valence-corrected chi connectivity index (χ1v) is 8.45. The standard InChI is InChI=1S/C18H22F2N4O/c1-10(2)15(9-25)22-18-21-14(11-6-7-11)8-16(24-18)23-17-12(19)4-3-5-13(17)20/h3-5,8,10-11,15,25H,6-7,9H2,1-2H3,(H2,21,22,23,24)/t15-/m0/s1. The van der Waals surface area contributed by atoms with Gasteiger partial charge >= 0.3 is 0 Å². The molecule has 1 fully saturated rings. The minimum absolute atomic E-state index is 0.0562. The molecule has 5 nitrogen and oxygen atoms in total. The summed E-state index contributed by atoms with van der Waals surface area (Å²) >= 11 is 0. The van der Waals surface area contributed by atoms with Gasteiger partial charge in [0.15, 0.2) is 0 Å². The third kappa shape index (κ3) is 4.22. The van der Waals surface area contributed by atoms with Crippen LogP contribution in [0.15, 0.2) is 24.3 Å². The average Bonchev–Trinajstić information content (AvgIpc) is 3.41. The summed E-state index contributed by atoms with van der Waals surface area (Å²) in [5.41, 5.74) is 0.591. The minimum atomic E-state index is -0.684. The van der Waals surface area contributed by atoms with E-state index in [2.05, 4.69) is 20.6 Å². The Hall–Kier alpha value is -2.28. The Balaban J connectivity index is 1.90. The summed E-state index contributed by atoms with van der Waals surface area (Å²) in [6.07, 6.45) is 2.08. The fraction of sp³-hybridized carbons (Fsp3) is 0.444. The van der Waals surface area contributed by atoms with Crippen molar-refractivity contribution in [3.05, 3.63) is 41.6 Å². The van der Waals surface area contributed by atoms with E-state index in [0.717, 1.165) is 18.5 Å². The number of halogens is 2. The summed E-state index contributed by atoms with van der Waals surface area (Å²) in [6.45, 7) is 3.90. The zero-order valence-corrected chi connectivity index (χ0v) is 14.3. The summed E-state index contributed by atoms with van der Waals surface area (Å²) in [5, 5.41) is 15.3. The fourth-order valence-electron chi connectivity index (χ4n) is 2.52. The molecule has 0 radical (unpaired) electrons. The van der Waals surface area contributed by atoms with E-state index in [1.54, 1.807) is 6.07 Å². The zero-order chi connectivity index (χ0) is 18.0. The van der Waals surface area contributed by atoms with E-state index >= 15 is 0 Å². The van der Waals surface area contributed by atoms with E-state index in [1.165, 1.54) is 18.2 Å². The maximum atomic E-state index is 13.9. The number of anilines is 3. The first-order chi connectivity index (χ1) is 12.0. The lowest BCUT2D eigenvalue weighted by Gasteiger charge is -2.20. The van der Waals surface area contributed by atoms with Crippen molar-refractivity contribution < 1.29 is 13.9 Å². The first-order valence-electron chi connectivity index (χ1n) is 8.45. The summed E-state index contributed by atoms with van der Waals surface area (Å²) in [5.74, 6) is -0.173. The van der Waals surface area contributed by atoms with Gasteiger partial charge in [0.25, 0.3) is 0 Å². The van der Waals surface area contributed by atoms with Gasteiger partial charge in [-0.1, -0.05) is 19.9 Å². The molecule has 1 aliphatic carbocycles. The number of nitrogens with one attached hydrogen (secondary N) is 2. The molecule has 1 aliphatic rings. The highest BCUT2D eigenvalue weighted by molar-refractivity contribution is 5.59. The van der Waals surface area contributed by atoms with E-state index < -0.39 is 11.6 Å².